The number of amides is 1. The minimum absolute atomic E-state index is 0.0244. The molecule has 1 saturated heterocycles. The van der Waals surface area contributed by atoms with Crippen LogP contribution in [0.15, 0.2) is 30.5 Å². The quantitative estimate of drug-likeness (QED) is 0.641. The van der Waals surface area contributed by atoms with Crippen molar-refractivity contribution in [3.8, 4) is 5.75 Å². The third kappa shape index (κ3) is 3.93. The highest BCUT2D eigenvalue weighted by Gasteiger charge is 2.22. The topological polar surface area (TPSA) is 105 Å². The summed E-state index contributed by atoms with van der Waals surface area (Å²) in [5, 5.41) is 20.3. The van der Waals surface area contributed by atoms with Gasteiger partial charge in [-0.2, -0.15) is 0 Å². The van der Waals surface area contributed by atoms with Crippen molar-refractivity contribution in [2.75, 3.05) is 31.1 Å². The Morgan fingerprint density at radius 2 is 2.04 bits per heavy atom. The van der Waals surface area contributed by atoms with E-state index in [0.29, 0.717) is 38.5 Å². The molecule has 1 amide bonds. The molecule has 0 aliphatic carbocycles. The van der Waals surface area contributed by atoms with Crippen molar-refractivity contribution in [1.29, 1.82) is 0 Å². The van der Waals surface area contributed by atoms with E-state index in [-0.39, 0.29) is 23.9 Å². The zero-order valence-electron chi connectivity index (χ0n) is 14.5. The predicted molar refractivity (Wildman–Crippen MR) is 95.1 cm³/mol. The highest BCUT2D eigenvalue weighted by Crippen LogP contribution is 2.21. The van der Waals surface area contributed by atoms with E-state index in [1.165, 1.54) is 6.20 Å². The molecule has 1 aliphatic heterocycles. The molecule has 1 N–H and O–H groups in total. The molecule has 138 valence electrons. The molecule has 1 aliphatic rings. The minimum Gasteiger partial charge on any atom is -0.508 e. The first-order chi connectivity index (χ1) is 12.4. The molecule has 26 heavy (non-hydrogen) atoms. The van der Waals surface area contributed by atoms with E-state index in [0.717, 1.165) is 5.69 Å². The number of rotatable bonds is 5. The van der Waals surface area contributed by atoms with Gasteiger partial charge in [-0.15, -0.1) is 0 Å². The molecule has 2 heterocycles. The van der Waals surface area contributed by atoms with E-state index in [4.69, 9.17) is 0 Å². The SMILES string of the molecule is Cc1nc([N+](=O)[O-])cn1CCC(=O)N1CCN(c2cccc(O)c2)CC1. The molecule has 1 fully saturated rings. The van der Waals surface area contributed by atoms with Crippen molar-refractivity contribution in [3.05, 3.63) is 46.4 Å². The van der Waals surface area contributed by atoms with Crippen molar-refractivity contribution >= 4 is 17.4 Å². The van der Waals surface area contributed by atoms with Gasteiger partial charge in [-0.05, 0) is 22.0 Å². The maximum atomic E-state index is 12.4. The Kier molecular flexibility index (Phi) is 5.06. The van der Waals surface area contributed by atoms with Crippen LogP contribution in [0.25, 0.3) is 0 Å². The lowest BCUT2D eigenvalue weighted by atomic mass is 10.2. The van der Waals surface area contributed by atoms with Crippen LogP contribution in [-0.2, 0) is 11.3 Å². The minimum atomic E-state index is -0.536. The highest BCUT2D eigenvalue weighted by atomic mass is 16.6. The van der Waals surface area contributed by atoms with Gasteiger partial charge in [0.05, 0.1) is 0 Å². The first-order valence-electron chi connectivity index (χ1n) is 8.44. The Labute approximate surface area is 150 Å². The molecule has 0 radical (unpaired) electrons. The Morgan fingerprint density at radius 1 is 1.31 bits per heavy atom. The molecule has 9 heteroatoms. The van der Waals surface area contributed by atoms with E-state index in [9.17, 15) is 20.0 Å². The second-order valence-electron chi connectivity index (χ2n) is 6.23. The number of aromatic nitrogens is 2. The smallest absolute Gasteiger partial charge is 0.381 e. The number of benzene rings is 1. The lowest BCUT2D eigenvalue weighted by molar-refractivity contribution is -0.389. The van der Waals surface area contributed by atoms with E-state index in [1.54, 1.807) is 34.6 Å². The lowest BCUT2D eigenvalue weighted by Crippen LogP contribution is -2.48. The number of phenolic OH excluding ortho intramolecular Hbond substituents is 1. The Hall–Kier alpha value is -3.10. The van der Waals surface area contributed by atoms with Crippen LogP contribution in [0.2, 0.25) is 0 Å². The van der Waals surface area contributed by atoms with Gasteiger partial charge >= 0.3 is 5.82 Å². The number of piperazine rings is 1. The summed E-state index contributed by atoms with van der Waals surface area (Å²) in [7, 11) is 0. The molecule has 9 nitrogen and oxygen atoms in total. The van der Waals surface area contributed by atoms with Gasteiger partial charge in [0.15, 0.2) is 0 Å². The van der Waals surface area contributed by atoms with Crippen molar-refractivity contribution in [2.45, 2.75) is 19.9 Å². The van der Waals surface area contributed by atoms with Gasteiger partial charge in [0.2, 0.25) is 11.7 Å². The predicted octanol–water partition coefficient (Wildman–Crippen LogP) is 1.54. The van der Waals surface area contributed by atoms with E-state index in [1.807, 2.05) is 6.07 Å². The molecule has 1 aromatic heterocycles. The van der Waals surface area contributed by atoms with Crippen LogP contribution in [0.3, 0.4) is 0 Å². The van der Waals surface area contributed by atoms with Crippen molar-refractivity contribution < 1.29 is 14.8 Å². The first-order valence-corrected chi connectivity index (χ1v) is 8.44. The number of aromatic hydroxyl groups is 1. The number of phenols is 1. The van der Waals surface area contributed by atoms with Crippen molar-refractivity contribution in [3.63, 3.8) is 0 Å². The average Bonchev–Trinajstić information content (AvgIpc) is 3.01. The number of carbonyl (C=O) groups excluding carboxylic acids is 1. The molecule has 3 rings (SSSR count). The van der Waals surface area contributed by atoms with E-state index < -0.39 is 4.92 Å². The van der Waals surface area contributed by atoms with Crippen molar-refractivity contribution in [1.82, 2.24) is 14.5 Å². The van der Waals surface area contributed by atoms with Crippen LogP contribution < -0.4 is 4.90 Å². The fourth-order valence-electron chi connectivity index (χ4n) is 3.08. The van der Waals surface area contributed by atoms with Gasteiger partial charge in [-0.25, -0.2) is 0 Å². The number of hydrogen-bond donors (Lipinski definition) is 1. The molecule has 0 spiro atoms. The third-order valence-electron chi connectivity index (χ3n) is 4.54. The molecule has 1 aromatic carbocycles. The molecule has 0 bridgehead atoms. The molecule has 0 saturated carbocycles. The number of imidazole rings is 1. The monoisotopic (exact) mass is 359 g/mol. The number of anilines is 1. The summed E-state index contributed by atoms with van der Waals surface area (Å²) in [5.74, 6) is 0.579. The summed E-state index contributed by atoms with van der Waals surface area (Å²) in [4.78, 5) is 30.4. The van der Waals surface area contributed by atoms with Crippen molar-refractivity contribution in [2.24, 2.45) is 0 Å². The van der Waals surface area contributed by atoms with Crippen LogP contribution in [-0.4, -0.2) is 56.6 Å². The fraction of sp³-hybridized carbons (Fsp3) is 0.412. The largest absolute Gasteiger partial charge is 0.508 e. The standard InChI is InChI=1S/C17H21N5O4/c1-13-18-16(22(25)26)12-21(13)6-5-17(24)20-9-7-19(8-10-20)14-3-2-4-15(23)11-14/h2-4,11-12,23H,5-10H2,1H3. The molecular weight excluding hydrogens is 338 g/mol. The number of hydrogen-bond acceptors (Lipinski definition) is 6. The molecule has 0 unspecified atom stereocenters. The number of aryl methyl sites for hydroxylation is 2. The maximum absolute atomic E-state index is 12.4. The van der Waals surface area contributed by atoms with Crippen LogP contribution in [0.5, 0.6) is 5.75 Å². The maximum Gasteiger partial charge on any atom is 0.381 e. The summed E-state index contributed by atoms with van der Waals surface area (Å²) in [5.41, 5.74) is 0.943. The zero-order chi connectivity index (χ0) is 18.7. The third-order valence-corrected chi connectivity index (χ3v) is 4.54. The lowest BCUT2D eigenvalue weighted by Gasteiger charge is -2.36. The summed E-state index contributed by atoms with van der Waals surface area (Å²) >= 11 is 0. The average molecular weight is 359 g/mol. The van der Waals surface area contributed by atoms with Crippen LogP contribution in [0.1, 0.15) is 12.2 Å². The second-order valence-corrected chi connectivity index (χ2v) is 6.23. The Bertz CT molecular complexity index is 811. The summed E-state index contributed by atoms with van der Waals surface area (Å²) in [6.07, 6.45) is 1.64. The van der Waals surface area contributed by atoms with Crippen LogP contribution >= 0.6 is 0 Å². The van der Waals surface area contributed by atoms with Gasteiger partial charge in [0, 0.05) is 57.8 Å². The molecule has 0 atom stereocenters. The van der Waals surface area contributed by atoms with Gasteiger partial charge in [-0.1, -0.05) is 6.07 Å². The first kappa shape index (κ1) is 17.7. The fourth-order valence-corrected chi connectivity index (χ4v) is 3.08. The summed E-state index contributed by atoms with van der Waals surface area (Å²) in [6.45, 7) is 4.68. The molecular formula is C17H21N5O4. The Morgan fingerprint density at radius 3 is 2.65 bits per heavy atom. The number of nitrogens with zero attached hydrogens (tertiary/aromatic N) is 5. The summed E-state index contributed by atoms with van der Waals surface area (Å²) in [6, 6.07) is 7.08. The number of nitro groups is 1. The van der Waals surface area contributed by atoms with Gasteiger partial charge < -0.3 is 29.6 Å². The highest BCUT2D eigenvalue weighted by molar-refractivity contribution is 5.76. The second kappa shape index (κ2) is 7.42. The number of carbonyl (C=O) groups is 1. The van der Waals surface area contributed by atoms with E-state index in [2.05, 4.69) is 9.88 Å². The zero-order valence-corrected chi connectivity index (χ0v) is 14.5. The Balaban J connectivity index is 1.52. The van der Waals surface area contributed by atoms with Gasteiger partial charge in [-0.3, -0.25) is 4.79 Å². The van der Waals surface area contributed by atoms with E-state index >= 15 is 0 Å². The van der Waals surface area contributed by atoms with Crippen LogP contribution in [0, 0.1) is 17.0 Å². The normalized spacial score (nSPS) is 14.5. The molecule has 2 aromatic rings. The summed E-state index contributed by atoms with van der Waals surface area (Å²) < 4.78 is 1.64. The van der Waals surface area contributed by atoms with Gasteiger partial charge in [0.1, 0.15) is 11.9 Å². The van der Waals surface area contributed by atoms with Crippen LogP contribution in [0.4, 0.5) is 11.5 Å². The van der Waals surface area contributed by atoms with Gasteiger partial charge in [0.25, 0.3) is 0 Å².